The lowest BCUT2D eigenvalue weighted by atomic mass is 9.70. The topological polar surface area (TPSA) is 16.4 Å². The van der Waals surface area contributed by atoms with Crippen LogP contribution >= 0.6 is 11.3 Å². The third-order valence-electron chi connectivity index (χ3n) is 12.7. The van der Waals surface area contributed by atoms with Gasteiger partial charge in [-0.25, -0.2) is 0 Å². The standard InChI is InChI=1S/C55H33NOS/c1-2-14-35(15-3-1)56(47-25-13-24-46-51(47)42-19-6-10-23-45(42)55(46)43-21-8-4-16-38(43)39-17-5-9-22-44(39)55)36-30-28-34(29-31-36)37-20-12-27-49-52(37)53-50(58-49)33-32-41-40-18-7-11-26-48(40)57-54(41)53/h1-33H. The van der Waals surface area contributed by atoms with Crippen LogP contribution < -0.4 is 4.90 Å². The van der Waals surface area contributed by atoms with E-state index in [1.54, 1.807) is 0 Å². The van der Waals surface area contributed by atoms with Crippen LogP contribution in [0.25, 0.3) is 75.5 Å². The molecule has 0 unspecified atom stereocenters. The van der Waals surface area contributed by atoms with Gasteiger partial charge in [0.15, 0.2) is 0 Å². The predicted octanol–water partition coefficient (Wildman–Crippen LogP) is 15.4. The molecule has 2 aromatic heterocycles. The van der Waals surface area contributed by atoms with E-state index >= 15 is 0 Å². The Hall–Kier alpha value is -7.20. The van der Waals surface area contributed by atoms with Gasteiger partial charge in [0, 0.05) is 47.9 Å². The summed E-state index contributed by atoms with van der Waals surface area (Å²) in [5.41, 5.74) is 17.8. The largest absolute Gasteiger partial charge is 0.455 e. The molecule has 0 bridgehead atoms. The summed E-state index contributed by atoms with van der Waals surface area (Å²) in [7, 11) is 0. The van der Waals surface area contributed by atoms with Crippen molar-refractivity contribution in [2.45, 2.75) is 5.41 Å². The van der Waals surface area contributed by atoms with Gasteiger partial charge in [0.05, 0.1) is 11.1 Å². The minimum Gasteiger partial charge on any atom is -0.455 e. The van der Waals surface area contributed by atoms with E-state index in [1.165, 1.54) is 81.5 Å². The van der Waals surface area contributed by atoms with Gasteiger partial charge in [-0.1, -0.05) is 146 Å². The first-order chi connectivity index (χ1) is 28.8. The Labute approximate surface area is 339 Å². The number of hydrogen-bond donors (Lipinski definition) is 0. The highest BCUT2D eigenvalue weighted by Gasteiger charge is 2.52. The van der Waals surface area contributed by atoms with Crippen molar-refractivity contribution >= 4 is 70.5 Å². The molecular weight excluding hydrogens is 723 g/mol. The average molecular weight is 756 g/mol. The van der Waals surface area contributed by atoms with Crippen LogP contribution in [0, 0.1) is 0 Å². The van der Waals surface area contributed by atoms with Gasteiger partial charge < -0.3 is 9.32 Å². The second-order valence-electron chi connectivity index (χ2n) is 15.5. The summed E-state index contributed by atoms with van der Waals surface area (Å²) in [6.07, 6.45) is 0. The van der Waals surface area contributed by atoms with Crippen LogP contribution in [0.3, 0.4) is 0 Å². The Kier molecular flexibility index (Phi) is 6.56. The third kappa shape index (κ3) is 4.16. The van der Waals surface area contributed by atoms with E-state index in [4.69, 9.17) is 4.42 Å². The fourth-order valence-corrected chi connectivity index (χ4v) is 11.6. The number of rotatable bonds is 4. The van der Waals surface area contributed by atoms with Crippen molar-refractivity contribution in [1.82, 2.24) is 0 Å². The van der Waals surface area contributed by atoms with E-state index in [0.29, 0.717) is 0 Å². The maximum absolute atomic E-state index is 6.61. The van der Waals surface area contributed by atoms with E-state index < -0.39 is 5.41 Å². The zero-order valence-corrected chi connectivity index (χ0v) is 32.1. The van der Waals surface area contributed by atoms with E-state index in [9.17, 15) is 0 Å². The summed E-state index contributed by atoms with van der Waals surface area (Å²) in [6.45, 7) is 0. The molecule has 2 aliphatic rings. The van der Waals surface area contributed by atoms with Crippen molar-refractivity contribution < 1.29 is 4.42 Å². The number of hydrogen-bond acceptors (Lipinski definition) is 3. The molecule has 0 saturated heterocycles. The fourth-order valence-electron chi connectivity index (χ4n) is 10.4. The van der Waals surface area contributed by atoms with Crippen molar-refractivity contribution in [2.75, 3.05) is 4.90 Å². The monoisotopic (exact) mass is 755 g/mol. The minimum absolute atomic E-state index is 0.408. The Morgan fingerprint density at radius 3 is 1.76 bits per heavy atom. The quantitative estimate of drug-likeness (QED) is 0.178. The van der Waals surface area contributed by atoms with Crippen molar-refractivity contribution in [1.29, 1.82) is 0 Å². The second kappa shape index (κ2) is 11.9. The van der Waals surface area contributed by atoms with Crippen LogP contribution in [0.5, 0.6) is 0 Å². The summed E-state index contributed by atoms with van der Waals surface area (Å²) in [6, 6.07) is 73.6. The number of thiophene rings is 1. The van der Waals surface area contributed by atoms with Crippen molar-refractivity contribution in [3.63, 3.8) is 0 Å². The molecule has 2 heterocycles. The van der Waals surface area contributed by atoms with Crippen LogP contribution in [0.2, 0.25) is 0 Å². The zero-order valence-electron chi connectivity index (χ0n) is 31.3. The highest BCUT2D eigenvalue weighted by Crippen LogP contribution is 2.64. The predicted molar refractivity (Wildman–Crippen MR) is 243 cm³/mol. The maximum atomic E-state index is 6.61. The molecule has 0 fully saturated rings. The highest BCUT2D eigenvalue weighted by atomic mass is 32.1. The maximum Gasteiger partial charge on any atom is 0.144 e. The molecule has 270 valence electrons. The first kappa shape index (κ1) is 31.9. The molecule has 2 nitrogen and oxygen atoms in total. The fraction of sp³-hybridized carbons (Fsp3) is 0.0182. The molecule has 11 aromatic rings. The van der Waals surface area contributed by atoms with Crippen LogP contribution in [0.1, 0.15) is 22.3 Å². The van der Waals surface area contributed by atoms with Gasteiger partial charge in [-0.05, 0) is 105 Å². The Morgan fingerprint density at radius 2 is 0.983 bits per heavy atom. The summed E-state index contributed by atoms with van der Waals surface area (Å²) < 4.78 is 9.11. The molecule has 9 aromatic carbocycles. The van der Waals surface area contributed by atoms with Gasteiger partial charge in [-0.3, -0.25) is 0 Å². The Balaban J connectivity index is 1.02. The van der Waals surface area contributed by atoms with Crippen LogP contribution in [0.15, 0.2) is 205 Å². The molecule has 2 aliphatic carbocycles. The van der Waals surface area contributed by atoms with Gasteiger partial charge in [-0.15, -0.1) is 11.3 Å². The van der Waals surface area contributed by atoms with Gasteiger partial charge in [-0.2, -0.15) is 0 Å². The number of nitrogens with zero attached hydrogens (tertiary/aromatic N) is 1. The number of para-hydroxylation sites is 2. The lowest BCUT2D eigenvalue weighted by Crippen LogP contribution is -2.26. The molecule has 1 spiro atoms. The molecule has 0 atom stereocenters. The molecule has 58 heavy (non-hydrogen) atoms. The zero-order chi connectivity index (χ0) is 38.0. The smallest absolute Gasteiger partial charge is 0.144 e. The van der Waals surface area contributed by atoms with Crippen LogP contribution in [-0.2, 0) is 5.41 Å². The summed E-state index contributed by atoms with van der Waals surface area (Å²) in [5, 5.41) is 4.76. The lowest BCUT2D eigenvalue weighted by molar-refractivity contribution is 0.673. The molecule has 0 N–H and O–H groups in total. The molecule has 3 heteroatoms. The van der Waals surface area contributed by atoms with Gasteiger partial charge in [0.2, 0.25) is 0 Å². The molecule has 0 aliphatic heterocycles. The van der Waals surface area contributed by atoms with Crippen LogP contribution in [0.4, 0.5) is 17.1 Å². The number of benzene rings is 9. The lowest BCUT2D eigenvalue weighted by Gasteiger charge is -2.31. The van der Waals surface area contributed by atoms with Crippen LogP contribution in [-0.4, -0.2) is 0 Å². The Bertz CT molecular complexity index is 3420. The first-order valence-corrected chi connectivity index (χ1v) is 20.7. The van der Waals surface area contributed by atoms with E-state index in [-0.39, 0.29) is 0 Å². The number of furan rings is 1. The summed E-state index contributed by atoms with van der Waals surface area (Å²) >= 11 is 1.83. The number of anilines is 3. The van der Waals surface area contributed by atoms with E-state index in [1.807, 2.05) is 17.4 Å². The minimum atomic E-state index is -0.408. The average Bonchev–Trinajstić information content (AvgIpc) is 4.03. The highest BCUT2D eigenvalue weighted by molar-refractivity contribution is 7.26. The molecule has 0 amide bonds. The second-order valence-corrected chi connectivity index (χ2v) is 16.6. The van der Waals surface area contributed by atoms with E-state index in [2.05, 4.69) is 199 Å². The number of fused-ring (bicyclic) bond motifs is 17. The SMILES string of the molecule is c1ccc(N(c2ccc(-c3cccc4sc5ccc6c7ccccc7oc6c5c34)cc2)c2cccc3c2-c2ccccc2C32c3ccccc3-c3ccccc32)cc1. The van der Waals surface area contributed by atoms with Crippen molar-refractivity contribution in [2.24, 2.45) is 0 Å². The van der Waals surface area contributed by atoms with E-state index in [0.717, 1.165) is 33.3 Å². The third-order valence-corrected chi connectivity index (χ3v) is 13.8. The molecular formula is C55H33NOS. The molecule has 0 radical (unpaired) electrons. The summed E-state index contributed by atoms with van der Waals surface area (Å²) in [4.78, 5) is 2.45. The van der Waals surface area contributed by atoms with Crippen molar-refractivity contribution in [3.8, 4) is 33.4 Å². The normalized spacial score (nSPS) is 13.3. The molecule has 13 rings (SSSR count). The van der Waals surface area contributed by atoms with Gasteiger partial charge in [0.1, 0.15) is 11.2 Å². The Morgan fingerprint density at radius 1 is 0.397 bits per heavy atom. The molecule has 0 saturated carbocycles. The van der Waals surface area contributed by atoms with Gasteiger partial charge >= 0.3 is 0 Å². The first-order valence-electron chi connectivity index (χ1n) is 19.9. The van der Waals surface area contributed by atoms with Gasteiger partial charge in [0.25, 0.3) is 0 Å². The summed E-state index contributed by atoms with van der Waals surface area (Å²) in [5.74, 6) is 0. The van der Waals surface area contributed by atoms with Crippen molar-refractivity contribution in [3.05, 3.63) is 222 Å².